The van der Waals surface area contributed by atoms with Crippen LogP contribution in [0.5, 0.6) is 0 Å². The van der Waals surface area contributed by atoms with Crippen molar-refractivity contribution in [3.05, 3.63) is 16.1 Å². The smallest absolute Gasteiger partial charge is 0.157 e. The maximum atomic E-state index is 4.74. The Morgan fingerprint density at radius 1 is 1.50 bits per heavy atom. The minimum atomic E-state index is 0.261. The highest BCUT2D eigenvalue weighted by Gasteiger charge is 2.17. The van der Waals surface area contributed by atoms with Crippen molar-refractivity contribution in [2.75, 3.05) is 5.75 Å². The third-order valence-electron chi connectivity index (χ3n) is 3.09. The molecule has 0 aliphatic carbocycles. The summed E-state index contributed by atoms with van der Waals surface area (Å²) in [6, 6.07) is 0.764. The second kappa shape index (κ2) is 6.57. The summed E-state index contributed by atoms with van der Waals surface area (Å²) in [7, 11) is 0. The molecule has 100 valence electrons. The van der Waals surface area contributed by atoms with Gasteiger partial charge in [-0.25, -0.2) is 4.98 Å². The van der Waals surface area contributed by atoms with Crippen LogP contribution in [0.4, 0.5) is 0 Å². The van der Waals surface area contributed by atoms with E-state index in [-0.39, 0.29) is 6.04 Å². The maximum absolute atomic E-state index is 4.74. The number of aryl methyl sites for hydroxylation is 1. The third-order valence-corrected chi connectivity index (χ3v) is 5.35. The monoisotopic (exact) mass is 283 g/mol. The summed E-state index contributed by atoms with van der Waals surface area (Å²) in [6.45, 7) is 6.54. The SMILES string of the molecule is CCc1cnc(C(C)NC2=NC(CC)CCS2)s1. The van der Waals surface area contributed by atoms with E-state index in [2.05, 4.69) is 31.1 Å². The molecule has 2 atom stereocenters. The van der Waals surface area contributed by atoms with Crippen LogP contribution in [-0.4, -0.2) is 21.9 Å². The summed E-state index contributed by atoms with van der Waals surface area (Å²) in [5, 5.41) is 5.75. The molecule has 1 aliphatic heterocycles. The molecule has 1 N–H and O–H groups in total. The van der Waals surface area contributed by atoms with Gasteiger partial charge < -0.3 is 5.32 Å². The molecule has 0 saturated heterocycles. The molecule has 1 aromatic heterocycles. The van der Waals surface area contributed by atoms with E-state index < -0.39 is 0 Å². The lowest BCUT2D eigenvalue weighted by Crippen LogP contribution is -2.28. The van der Waals surface area contributed by atoms with Crippen LogP contribution >= 0.6 is 23.1 Å². The molecule has 0 aromatic carbocycles. The van der Waals surface area contributed by atoms with E-state index in [9.17, 15) is 0 Å². The Hall–Kier alpha value is -0.550. The molecule has 5 heteroatoms. The van der Waals surface area contributed by atoms with Crippen LogP contribution in [0.3, 0.4) is 0 Å². The van der Waals surface area contributed by atoms with Crippen LogP contribution in [-0.2, 0) is 6.42 Å². The molecular formula is C13H21N3S2. The van der Waals surface area contributed by atoms with Gasteiger partial charge in [0.25, 0.3) is 0 Å². The van der Waals surface area contributed by atoms with Crippen molar-refractivity contribution in [3.8, 4) is 0 Å². The molecule has 2 heterocycles. The molecule has 0 bridgehead atoms. The number of aromatic nitrogens is 1. The third kappa shape index (κ3) is 3.48. The predicted molar refractivity (Wildman–Crippen MR) is 81.6 cm³/mol. The number of hydrogen-bond donors (Lipinski definition) is 1. The number of aliphatic imine (C=N–C) groups is 1. The number of nitrogens with zero attached hydrogens (tertiary/aromatic N) is 2. The number of amidine groups is 1. The zero-order valence-corrected chi connectivity index (χ0v) is 12.9. The predicted octanol–water partition coefficient (Wildman–Crippen LogP) is 3.63. The average Bonchev–Trinajstić information content (AvgIpc) is 2.88. The average molecular weight is 283 g/mol. The van der Waals surface area contributed by atoms with Crippen molar-refractivity contribution in [3.63, 3.8) is 0 Å². The van der Waals surface area contributed by atoms with Gasteiger partial charge in [-0.2, -0.15) is 0 Å². The Labute approximate surface area is 118 Å². The van der Waals surface area contributed by atoms with Crippen LogP contribution in [0.25, 0.3) is 0 Å². The highest BCUT2D eigenvalue weighted by atomic mass is 32.2. The van der Waals surface area contributed by atoms with Crippen LogP contribution in [0.1, 0.15) is 49.5 Å². The summed E-state index contributed by atoms with van der Waals surface area (Å²) in [4.78, 5) is 10.6. The largest absolute Gasteiger partial charge is 0.356 e. The molecular weight excluding hydrogens is 262 g/mol. The zero-order valence-electron chi connectivity index (χ0n) is 11.3. The topological polar surface area (TPSA) is 37.3 Å². The van der Waals surface area contributed by atoms with Crippen LogP contribution in [0, 0.1) is 0 Å². The fraction of sp³-hybridized carbons (Fsp3) is 0.692. The molecule has 2 rings (SSSR count). The molecule has 0 amide bonds. The lowest BCUT2D eigenvalue weighted by atomic mass is 10.2. The number of thioether (sulfide) groups is 1. The Morgan fingerprint density at radius 2 is 2.33 bits per heavy atom. The van der Waals surface area contributed by atoms with Gasteiger partial charge in [-0.05, 0) is 26.2 Å². The summed E-state index contributed by atoms with van der Waals surface area (Å²) in [6.07, 6.45) is 5.40. The van der Waals surface area contributed by atoms with Gasteiger partial charge in [0.1, 0.15) is 5.01 Å². The van der Waals surface area contributed by atoms with Gasteiger partial charge in [0.05, 0.1) is 12.1 Å². The van der Waals surface area contributed by atoms with Crippen molar-refractivity contribution >= 4 is 28.3 Å². The second-order valence-electron chi connectivity index (χ2n) is 4.52. The van der Waals surface area contributed by atoms with Gasteiger partial charge in [-0.1, -0.05) is 25.6 Å². The minimum absolute atomic E-state index is 0.261. The fourth-order valence-electron chi connectivity index (χ4n) is 1.87. The first-order valence-electron chi connectivity index (χ1n) is 6.64. The van der Waals surface area contributed by atoms with Crippen molar-refractivity contribution < 1.29 is 0 Å². The molecule has 1 aromatic rings. The van der Waals surface area contributed by atoms with E-state index in [0.717, 1.165) is 23.0 Å². The highest BCUT2D eigenvalue weighted by molar-refractivity contribution is 8.13. The Kier molecular flexibility index (Phi) is 5.06. The molecule has 0 radical (unpaired) electrons. The molecule has 0 fully saturated rings. The van der Waals surface area contributed by atoms with Crippen LogP contribution < -0.4 is 5.32 Å². The normalized spacial score (nSPS) is 21.5. The first kappa shape index (κ1) is 13.9. The Morgan fingerprint density at radius 3 is 3.00 bits per heavy atom. The van der Waals surface area contributed by atoms with Gasteiger partial charge >= 0.3 is 0 Å². The summed E-state index contributed by atoms with van der Waals surface area (Å²) >= 11 is 3.63. The number of rotatable bonds is 4. The lowest BCUT2D eigenvalue weighted by Gasteiger charge is -2.21. The van der Waals surface area contributed by atoms with Gasteiger partial charge in [-0.15, -0.1) is 11.3 Å². The van der Waals surface area contributed by atoms with Gasteiger partial charge in [0.15, 0.2) is 5.17 Å². The highest BCUT2D eigenvalue weighted by Crippen LogP contribution is 2.23. The second-order valence-corrected chi connectivity index (χ2v) is 6.75. The number of thiazole rings is 1. The van der Waals surface area contributed by atoms with Crippen molar-refractivity contribution in [1.82, 2.24) is 10.3 Å². The standard InChI is InChI=1S/C13H21N3S2/c1-4-10-6-7-17-13(16-10)15-9(3)12-14-8-11(5-2)18-12/h8-10H,4-7H2,1-3H3,(H,15,16). The Bertz CT molecular complexity index is 414. The quantitative estimate of drug-likeness (QED) is 0.917. The van der Waals surface area contributed by atoms with E-state index in [0.29, 0.717) is 6.04 Å². The number of hydrogen-bond acceptors (Lipinski definition) is 5. The van der Waals surface area contributed by atoms with E-state index in [1.165, 1.54) is 17.1 Å². The minimum Gasteiger partial charge on any atom is -0.356 e. The van der Waals surface area contributed by atoms with E-state index >= 15 is 0 Å². The van der Waals surface area contributed by atoms with E-state index in [4.69, 9.17) is 4.99 Å². The van der Waals surface area contributed by atoms with Crippen molar-refractivity contribution in [2.24, 2.45) is 4.99 Å². The zero-order chi connectivity index (χ0) is 13.0. The molecule has 0 spiro atoms. The molecule has 18 heavy (non-hydrogen) atoms. The molecule has 2 unspecified atom stereocenters. The first-order chi connectivity index (χ1) is 8.72. The maximum Gasteiger partial charge on any atom is 0.157 e. The van der Waals surface area contributed by atoms with Gasteiger partial charge in [-0.3, -0.25) is 4.99 Å². The van der Waals surface area contributed by atoms with Gasteiger partial charge in [0.2, 0.25) is 0 Å². The summed E-state index contributed by atoms with van der Waals surface area (Å²) < 4.78 is 0. The first-order valence-corrected chi connectivity index (χ1v) is 8.44. The summed E-state index contributed by atoms with van der Waals surface area (Å²) in [5.74, 6) is 1.18. The van der Waals surface area contributed by atoms with Crippen molar-refractivity contribution in [1.29, 1.82) is 0 Å². The molecule has 0 saturated carbocycles. The molecule has 3 nitrogen and oxygen atoms in total. The van der Waals surface area contributed by atoms with Gasteiger partial charge in [0, 0.05) is 16.8 Å². The van der Waals surface area contributed by atoms with Crippen LogP contribution in [0.15, 0.2) is 11.2 Å². The van der Waals surface area contributed by atoms with Crippen LogP contribution in [0.2, 0.25) is 0 Å². The van der Waals surface area contributed by atoms with E-state index in [1.807, 2.05) is 18.0 Å². The van der Waals surface area contributed by atoms with Crippen molar-refractivity contribution in [2.45, 2.75) is 52.1 Å². The molecule has 1 aliphatic rings. The number of nitrogens with one attached hydrogen (secondary N) is 1. The summed E-state index contributed by atoms with van der Waals surface area (Å²) in [5.41, 5.74) is 0. The lowest BCUT2D eigenvalue weighted by molar-refractivity contribution is 0.621. The Balaban J connectivity index is 1.98. The fourth-order valence-corrected chi connectivity index (χ4v) is 3.79. The van der Waals surface area contributed by atoms with E-state index in [1.54, 1.807) is 11.3 Å².